The Morgan fingerprint density at radius 2 is 1.70 bits per heavy atom. The molecule has 9 heteroatoms. The Balaban J connectivity index is 2.13. The molecule has 1 aliphatic carbocycles. The van der Waals surface area contributed by atoms with E-state index in [0.717, 1.165) is 0 Å². The van der Waals surface area contributed by atoms with Crippen LogP contribution < -0.4 is 4.72 Å². The number of carboxylic acid groups (broad SMARTS) is 1. The lowest BCUT2D eigenvalue weighted by Gasteiger charge is -2.30. The second kappa shape index (κ2) is 4.96. The van der Waals surface area contributed by atoms with Gasteiger partial charge in [-0.3, -0.25) is 4.79 Å². The highest BCUT2D eigenvalue weighted by Gasteiger charge is 2.51. The molecule has 0 aromatic heterocycles. The van der Waals surface area contributed by atoms with Crippen LogP contribution in [0.25, 0.3) is 0 Å². The van der Waals surface area contributed by atoms with Gasteiger partial charge in [0.25, 0.3) is 0 Å². The molecule has 1 saturated heterocycles. The molecule has 0 radical (unpaired) electrons. The van der Waals surface area contributed by atoms with Gasteiger partial charge in [-0.05, 0) is 38.5 Å². The number of nitrogens with one attached hydrogen (secondary N) is 1. The van der Waals surface area contributed by atoms with E-state index < -0.39 is 36.6 Å². The van der Waals surface area contributed by atoms with Crippen LogP contribution >= 0.6 is 0 Å². The topological polar surface area (TPSA) is 118 Å². The predicted molar refractivity (Wildman–Crippen MR) is 72.5 cm³/mol. The first kappa shape index (κ1) is 15.7. The van der Waals surface area contributed by atoms with E-state index in [1.54, 1.807) is 0 Å². The highest BCUT2D eigenvalue weighted by atomic mass is 32.2. The van der Waals surface area contributed by atoms with E-state index in [4.69, 9.17) is 0 Å². The third-order valence-electron chi connectivity index (χ3n) is 4.13. The molecule has 0 bridgehead atoms. The van der Waals surface area contributed by atoms with Crippen LogP contribution in [0.5, 0.6) is 0 Å². The second-order valence-electron chi connectivity index (χ2n) is 5.78. The summed E-state index contributed by atoms with van der Waals surface area (Å²) in [6.45, 7) is 1.38. The average Bonchev–Trinajstić information content (AvgIpc) is 3.11. The molecule has 2 N–H and O–H groups in total. The largest absolute Gasteiger partial charge is 0.480 e. The smallest absolute Gasteiger partial charge is 0.324 e. The van der Waals surface area contributed by atoms with E-state index >= 15 is 0 Å². The molecule has 116 valence electrons. The van der Waals surface area contributed by atoms with Crippen LogP contribution in [0.4, 0.5) is 0 Å². The summed E-state index contributed by atoms with van der Waals surface area (Å²) in [6, 6.07) is 0. The Kier molecular flexibility index (Phi) is 3.89. The predicted octanol–water partition coefficient (Wildman–Crippen LogP) is -0.264. The molecule has 1 heterocycles. The van der Waals surface area contributed by atoms with Crippen molar-refractivity contribution in [3.05, 3.63) is 0 Å². The molecular formula is C11H19NO6S2. The van der Waals surface area contributed by atoms with Gasteiger partial charge in [-0.15, -0.1) is 0 Å². The number of carboxylic acids is 1. The number of carbonyl (C=O) groups is 1. The summed E-state index contributed by atoms with van der Waals surface area (Å²) in [5.74, 6) is -1.70. The van der Waals surface area contributed by atoms with Crippen LogP contribution in [0.2, 0.25) is 0 Å². The van der Waals surface area contributed by atoms with Crippen molar-refractivity contribution in [1.82, 2.24) is 4.72 Å². The van der Waals surface area contributed by atoms with E-state index in [0.29, 0.717) is 12.8 Å². The first-order valence-corrected chi connectivity index (χ1v) is 9.90. The summed E-state index contributed by atoms with van der Waals surface area (Å²) >= 11 is 0. The fourth-order valence-electron chi connectivity index (χ4n) is 2.52. The van der Waals surface area contributed by atoms with Gasteiger partial charge in [0.15, 0.2) is 0 Å². The van der Waals surface area contributed by atoms with Crippen molar-refractivity contribution in [2.75, 3.05) is 11.5 Å². The van der Waals surface area contributed by atoms with Gasteiger partial charge in [0, 0.05) is 0 Å². The SMILES string of the molecule is CC(NS(=O)(=O)C1CCS(=O)(=O)CC1)(C(=O)O)C1CC1. The monoisotopic (exact) mass is 325 g/mol. The van der Waals surface area contributed by atoms with Crippen LogP contribution in [0.15, 0.2) is 0 Å². The third kappa shape index (κ3) is 3.15. The minimum atomic E-state index is -3.84. The van der Waals surface area contributed by atoms with Crippen LogP contribution in [0.1, 0.15) is 32.6 Å². The molecule has 2 fully saturated rings. The fourth-order valence-corrected chi connectivity index (χ4v) is 6.18. The lowest BCUT2D eigenvalue weighted by molar-refractivity contribution is -0.144. The van der Waals surface area contributed by atoms with Gasteiger partial charge >= 0.3 is 5.97 Å². The van der Waals surface area contributed by atoms with Gasteiger partial charge < -0.3 is 5.11 Å². The zero-order valence-electron chi connectivity index (χ0n) is 11.2. The number of sulfonamides is 1. The maximum Gasteiger partial charge on any atom is 0.324 e. The van der Waals surface area contributed by atoms with Gasteiger partial charge in [0.2, 0.25) is 10.0 Å². The maximum absolute atomic E-state index is 12.3. The third-order valence-corrected chi connectivity index (χ3v) is 7.91. The van der Waals surface area contributed by atoms with E-state index in [-0.39, 0.29) is 30.3 Å². The van der Waals surface area contributed by atoms with Crippen molar-refractivity contribution in [3.8, 4) is 0 Å². The molecule has 1 saturated carbocycles. The second-order valence-corrected chi connectivity index (χ2v) is 10.0. The molecule has 1 atom stereocenters. The van der Waals surface area contributed by atoms with Gasteiger partial charge in [0.1, 0.15) is 15.4 Å². The highest BCUT2D eigenvalue weighted by Crippen LogP contribution is 2.40. The Hall–Kier alpha value is -0.670. The van der Waals surface area contributed by atoms with Crippen molar-refractivity contribution in [3.63, 3.8) is 0 Å². The Morgan fingerprint density at radius 1 is 1.20 bits per heavy atom. The Bertz CT molecular complexity index is 593. The van der Waals surface area contributed by atoms with Crippen molar-refractivity contribution < 1.29 is 26.7 Å². The molecule has 0 aromatic rings. The zero-order chi connectivity index (χ0) is 15.2. The summed E-state index contributed by atoms with van der Waals surface area (Å²) in [5, 5.41) is 8.43. The number of aliphatic carboxylic acids is 1. The highest BCUT2D eigenvalue weighted by molar-refractivity contribution is 7.92. The first-order valence-electron chi connectivity index (χ1n) is 6.53. The molecule has 2 aliphatic rings. The standard InChI is InChI=1S/C11H19NO6S2/c1-11(10(13)14,8-2-3-8)12-20(17,18)9-4-6-19(15,16)7-5-9/h8-9,12H,2-7H2,1H3,(H,13,14). The molecule has 7 nitrogen and oxygen atoms in total. The van der Waals surface area contributed by atoms with E-state index in [1.807, 2.05) is 0 Å². The van der Waals surface area contributed by atoms with Crippen LogP contribution in [0, 0.1) is 5.92 Å². The quantitative estimate of drug-likeness (QED) is 0.719. The molecule has 1 aliphatic heterocycles. The normalized spacial score (nSPS) is 26.9. The van der Waals surface area contributed by atoms with E-state index in [1.165, 1.54) is 6.92 Å². The summed E-state index contributed by atoms with van der Waals surface area (Å²) in [7, 11) is -6.99. The van der Waals surface area contributed by atoms with Gasteiger partial charge in [-0.1, -0.05) is 0 Å². The van der Waals surface area contributed by atoms with Crippen molar-refractivity contribution in [1.29, 1.82) is 0 Å². The fraction of sp³-hybridized carbons (Fsp3) is 0.909. The average molecular weight is 325 g/mol. The van der Waals surface area contributed by atoms with Gasteiger partial charge in [-0.25, -0.2) is 16.8 Å². The van der Waals surface area contributed by atoms with Crippen molar-refractivity contribution >= 4 is 25.8 Å². The van der Waals surface area contributed by atoms with Crippen molar-refractivity contribution in [2.45, 2.75) is 43.4 Å². The molecule has 20 heavy (non-hydrogen) atoms. The molecule has 1 unspecified atom stereocenters. The van der Waals surface area contributed by atoms with Crippen LogP contribution in [-0.2, 0) is 24.7 Å². The number of hydrogen-bond donors (Lipinski definition) is 2. The summed E-state index contributed by atoms with van der Waals surface area (Å²) in [5.41, 5.74) is -1.49. The lowest BCUT2D eigenvalue weighted by Crippen LogP contribution is -2.56. The minimum absolute atomic E-state index is 0.0258. The molecule has 0 spiro atoms. The molecule has 2 rings (SSSR count). The molecular weight excluding hydrogens is 306 g/mol. The molecule has 0 aromatic carbocycles. The number of hydrogen-bond acceptors (Lipinski definition) is 5. The molecule has 0 amide bonds. The summed E-state index contributed by atoms with van der Waals surface area (Å²) < 4.78 is 49.5. The van der Waals surface area contributed by atoms with Crippen LogP contribution in [0.3, 0.4) is 0 Å². The first-order chi connectivity index (χ1) is 9.07. The van der Waals surface area contributed by atoms with E-state index in [2.05, 4.69) is 4.72 Å². The number of sulfone groups is 1. The van der Waals surface area contributed by atoms with Crippen molar-refractivity contribution in [2.24, 2.45) is 5.92 Å². The lowest BCUT2D eigenvalue weighted by atomic mass is 9.98. The zero-order valence-corrected chi connectivity index (χ0v) is 12.8. The van der Waals surface area contributed by atoms with Gasteiger partial charge in [-0.2, -0.15) is 4.72 Å². The number of rotatable bonds is 5. The van der Waals surface area contributed by atoms with Crippen LogP contribution in [-0.4, -0.2) is 50.2 Å². The van der Waals surface area contributed by atoms with E-state index in [9.17, 15) is 26.7 Å². The minimum Gasteiger partial charge on any atom is -0.480 e. The summed E-state index contributed by atoms with van der Waals surface area (Å²) in [4.78, 5) is 11.3. The summed E-state index contributed by atoms with van der Waals surface area (Å²) in [6.07, 6.45) is 1.42. The van der Waals surface area contributed by atoms with Gasteiger partial charge in [0.05, 0.1) is 16.8 Å². The maximum atomic E-state index is 12.3. The Morgan fingerprint density at radius 3 is 2.10 bits per heavy atom. The Labute approximate surface area is 118 Å².